The molecule has 7 heteroatoms. The average molecular weight is 309 g/mol. The Morgan fingerprint density at radius 1 is 1.33 bits per heavy atom. The van der Waals surface area contributed by atoms with Crippen LogP contribution in [-0.2, 0) is 9.53 Å². The summed E-state index contributed by atoms with van der Waals surface area (Å²) in [5.74, 6) is 0.726. The predicted molar refractivity (Wildman–Crippen MR) is 84.0 cm³/mol. The molecule has 0 spiro atoms. The molecule has 0 aliphatic carbocycles. The van der Waals surface area contributed by atoms with Crippen molar-refractivity contribution in [1.82, 2.24) is 4.90 Å². The van der Waals surface area contributed by atoms with Crippen molar-refractivity contribution in [2.45, 2.75) is 13.0 Å². The van der Waals surface area contributed by atoms with Crippen LogP contribution in [0.15, 0.2) is 18.2 Å². The van der Waals surface area contributed by atoms with E-state index in [1.54, 1.807) is 41.8 Å². The molecule has 114 valence electrons. The molecule has 0 bridgehead atoms. The lowest BCUT2D eigenvalue weighted by Gasteiger charge is -2.33. The van der Waals surface area contributed by atoms with Crippen LogP contribution in [0.1, 0.15) is 17.3 Å². The van der Waals surface area contributed by atoms with E-state index in [9.17, 15) is 9.59 Å². The van der Waals surface area contributed by atoms with Gasteiger partial charge < -0.3 is 21.1 Å². The Kier molecular flexibility index (Phi) is 4.95. The van der Waals surface area contributed by atoms with Crippen molar-refractivity contribution in [1.29, 1.82) is 0 Å². The molecule has 6 nitrogen and oxygen atoms in total. The quantitative estimate of drug-likeness (QED) is 0.638. The number of benzene rings is 1. The van der Waals surface area contributed by atoms with Gasteiger partial charge in [0.2, 0.25) is 0 Å². The number of ether oxygens (including phenoxy) is 1. The van der Waals surface area contributed by atoms with E-state index in [-0.39, 0.29) is 11.9 Å². The highest BCUT2D eigenvalue weighted by Gasteiger charge is 2.34. The van der Waals surface area contributed by atoms with Gasteiger partial charge in [0, 0.05) is 35.0 Å². The third kappa shape index (κ3) is 3.60. The summed E-state index contributed by atoms with van der Waals surface area (Å²) in [6, 6.07) is 4.18. The summed E-state index contributed by atoms with van der Waals surface area (Å²) < 4.78 is 5.05. The second-order valence-electron chi connectivity index (χ2n) is 4.73. The Labute approximate surface area is 127 Å². The molecule has 1 aromatic carbocycles. The van der Waals surface area contributed by atoms with Gasteiger partial charge in [-0.1, -0.05) is 0 Å². The lowest BCUT2D eigenvalue weighted by atomic mass is 10.1. The highest BCUT2D eigenvalue weighted by Crippen LogP contribution is 2.22. The first kappa shape index (κ1) is 15.5. The zero-order valence-corrected chi connectivity index (χ0v) is 12.7. The highest BCUT2D eigenvalue weighted by atomic mass is 32.2. The molecule has 1 saturated heterocycles. The van der Waals surface area contributed by atoms with E-state index in [0.29, 0.717) is 35.8 Å². The van der Waals surface area contributed by atoms with Crippen LogP contribution < -0.4 is 11.5 Å². The van der Waals surface area contributed by atoms with E-state index in [0.717, 1.165) is 5.75 Å². The van der Waals surface area contributed by atoms with Gasteiger partial charge in [-0.3, -0.25) is 4.79 Å². The van der Waals surface area contributed by atoms with Gasteiger partial charge >= 0.3 is 5.97 Å². The van der Waals surface area contributed by atoms with Gasteiger partial charge in [-0.05, 0) is 25.1 Å². The van der Waals surface area contributed by atoms with Crippen molar-refractivity contribution < 1.29 is 14.3 Å². The number of amides is 1. The minimum Gasteiger partial charge on any atom is -0.464 e. The molecule has 2 rings (SSSR count). The lowest BCUT2D eigenvalue weighted by molar-refractivity contribution is -0.147. The van der Waals surface area contributed by atoms with E-state index in [4.69, 9.17) is 16.2 Å². The number of carbonyl (C=O) groups is 2. The number of rotatable bonds is 3. The maximum absolute atomic E-state index is 12.6. The van der Waals surface area contributed by atoms with Gasteiger partial charge in [-0.25, -0.2) is 4.79 Å². The number of thioether (sulfide) groups is 1. The van der Waals surface area contributed by atoms with E-state index < -0.39 is 6.04 Å². The Morgan fingerprint density at radius 3 is 2.62 bits per heavy atom. The average Bonchev–Trinajstić information content (AvgIpc) is 2.45. The molecule has 1 atom stereocenters. The molecule has 0 aromatic heterocycles. The fourth-order valence-corrected chi connectivity index (χ4v) is 3.28. The maximum Gasteiger partial charge on any atom is 0.329 e. The summed E-state index contributed by atoms with van der Waals surface area (Å²) in [6.07, 6.45) is 0. The Hall–Kier alpha value is -1.89. The van der Waals surface area contributed by atoms with E-state index in [1.165, 1.54) is 0 Å². The summed E-state index contributed by atoms with van der Waals surface area (Å²) in [4.78, 5) is 26.2. The predicted octanol–water partition coefficient (Wildman–Crippen LogP) is 0.972. The first-order valence-corrected chi connectivity index (χ1v) is 7.89. The fraction of sp³-hybridized carbons (Fsp3) is 0.429. The fourth-order valence-electron chi connectivity index (χ4n) is 2.25. The van der Waals surface area contributed by atoms with Gasteiger partial charge in [0.25, 0.3) is 5.91 Å². The first-order valence-electron chi connectivity index (χ1n) is 6.74. The topological polar surface area (TPSA) is 98.6 Å². The van der Waals surface area contributed by atoms with Gasteiger partial charge in [0.15, 0.2) is 0 Å². The van der Waals surface area contributed by atoms with Crippen LogP contribution in [-0.4, -0.2) is 47.5 Å². The molecule has 1 aromatic rings. The lowest BCUT2D eigenvalue weighted by Crippen LogP contribution is -2.51. The first-order chi connectivity index (χ1) is 10.0. The number of hydrogen-bond acceptors (Lipinski definition) is 6. The molecule has 1 heterocycles. The Balaban J connectivity index is 2.24. The van der Waals surface area contributed by atoms with Crippen LogP contribution in [0, 0.1) is 0 Å². The monoisotopic (exact) mass is 309 g/mol. The van der Waals surface area contributed by atoms with Gasteiger partial charge in [-0.15, -0.1) is 0 Å². The summed E-state index contributed by atoms with van der Waals surface area (Å²) in [6.45, 7) is 2.55. The molecule has 0 saturated carbocycles. The van der Waals surface area contributed by atoms with Gasteiger partial charge in [0.1, 0.15) is 6.04 Å². The summed E-state index contributed by atoms with van der Waals surface area (Å²) in [5.41, 5.74) is 12.7. The SMILES string of the molecule is CCOC(=O)C1CSCCN1C(=O)c1cc(N)cc(N)c1. The van der Waals surface area contributed by atoms with E-state index >= 15 is 0 Å². The molecule has 0 radical (unpaired) electrons. The van der Waals surface area contributed by atoms with Crippen LogP contribution in [0.25, 0.3) is 0 Å². The molecular formula is C14H19N3O3S. The van der Waals surface area contributed by atoms with Crippen LogP contribution in [0.4, 0.5) is 11.4 Å². The van der Waals surface area contributed by atoms with Crippen molar-refractivity contribution in [2.24, 2.45) is 0 Å². The standard InChI is InChI=1S/C14H19N3O3S/c1-2-20-14(19)12-8-21-4-3-17(12)13(18)9-5-10(15)7-11(16)6-9/h5-7,12H,2-4,8,15-16H2,1H3. The largest absolute Gasteiger partial charge is 0.464 e. The second kappa shape index (κ2) is 6.71. The molecule has 1 unspecified atom stereocenters. The Morgan fingerprint density at radius 2 is 2.00 bits per heavy atom. The molecule has 4 N–H and O–H groups in total. The Bertz CT molecular complexity index is 530. The molecular weight excluding hydrogens is 290 g/mol. The minimum atomic E-state index is -0.557. The maximum atomic E-state index is 12.6. The van der Waals surface area contributed by atoms with Crippen LogP contribution in [0.2, 0.25) is 0 Å². The number of esters is 1. The van der Waals surface area contributed by atoms with Crippen molar-refractivity contribution in [3.05, 3.63) is 23.8 Å². The summed E-state index contributed by atoms with van der Waals surface area (Å²) in [5, 5.41) is 0. The summed E-state index contributed by atoms with van der Waals surface area (Å²) >= 11 is 1.64. The number of nitrogens with two attached hydrogens (primary N) is 2. The van der Waals surface area contributed by atoms with Gasteiger partial charge in [0.05, 0.1) is 6.61 Å². The highest BCUT2D eigenvalue weighted by molar-refractivity contribution is 7.99. The normalized spacial score (nSPS) is 18.3. The molecule has 1 fully saturated rings. The van der Waals surface area contributed by atoms with Crippen molar-refractivity contribution >= 4 is 35.0 Å². The number of hydrogen-bond donors (Lipinski definition) is 2. The number of nitrogen functional groups attached to an aromatic ring is 2. The zero-order valence-electron chi connectivity index (χ0n) is 11.9. The number of carbonyl (C=O) groups excluding carboxylic acids is 2. The van der Waals surface area contributed by atoms with Crippen molar-refractivity contribution in [3.8, 4) is 0 Å². The third-order valence-corrected chi connectivity index (χ3v) is 4.20. The molecule has 1 aliphatic heterocycles. The van der Waals surface area contributed by atoms with E-state index in [1.807, 2.05) is 0 Å². The van der Waals surface area contributed by atoms with Crippen molar-refractivity contribution in [3.63, 3.8) is 0 Å². The number of anilines is 2. The van der Waals surface area contributed by atoms with E-state index in [2.05, 4.69) is 0 Å². The molecule has 21 heavy (non-hydrogen) atoms. The molecule has 1 amide bonds. The smallest absolute Gasteiger partial charge is 0.329 e. The minimum absolute atomic E-state index is 0.243. The second-order valence-corrected chi connectivity index (χ2v) is 5.88. The van der Waals surface area contributed by atoms with Crippen LogP contribution >= 0.6 is 11.8 Å². The van der Waals surface area contributed by atoms with Crippen LogP contribution in [0.3, 0.4) is 0 Å². The van der Waals surface area contributed by atoms with Crippen molar-refractivity contribution in [2.75, 3.05) is 36.1 Å². The van der Waals surface area contributed by atoms with Crippen LogP contribution in [0.5, 0.6) is 0 Å². The zero-order chi connectivity index (χ0) is 15.4. The number of nitrogens with zero attached hydrogens (tertiary/aromatic N) is 1. The summed E-state index contributed by atoms with van der Waals surface area (Å²) in [7, 11) is 0. The van der Waals surface area contributed by atoms with Gasteiger partial charge in [-0.2, -0.15) is 11.8 Å². The molecule has 1 aliphatic rings. The third-order valence-electron chi connectivity index (χ3n) is 3.17.